The first-order chi connectivity index (χ1) is 11.9. The number of benzene rings is 2. The summed E-state index contributed by atoms with van der Waals surface area (Å²) in [6.45, 7) is 10.5. The lowest BCUT2D eigenvalue weighted by molar-refractivity contribution is -0.119. The number of carbonyl (C=O) groups is 1. The molecule has 2 aromatic carbocycles. The summed E-state index contributed by atoms with van der Waals surface area (Å²) < 4.78 is 2.02. The number of aryl methyl sites for hydroxylation is 3. The van der Waals surface area contributed by atoms with E-state index in [2.05, 4.69) is 31.0 Å². The SMILES string of the molecule is Cc1cc2nc(C)n(CC(=O)N(c3ccccc3)C(C)C)c2cc1C. The fourth-order valence-electron chi connectivity index (χ4n) is 3.23. The van der Waals surface area contributed by atoms with Gasteiger partial charge in [-0.2, -0.15) is 0 Å². The van der Waals surface area contributed by atoms with E-state index in [1.54, 1.807) is 0 Å². The summed E-state index contributed by atoms with van der Waals surface area (Å²) in [5.41, 5.74) is 5.33. The molecule has 0 saturated carbocycles. The third-order valence-electron chi connectivity index (χ3n) is 4.67. The van der Waals surface area contributed by atoms with Crippen molar-refractivity contribution in [2.45, 2.75) is 47.2 Å². The van der Waals surface area contributed by atoms with Gasteiger partial charge < -0.3 is 9.47 Å². The molecular weight excluding hydrogens is 310 g/mol. The van der Waals surface area contributed by atoms with Crippen LogP contribution in [0.15, 0.2) is 42.5 Å². The van der Waals surface area contributed by atoms with Crippen LogP contribution in [0.3, 0.4) is 0 Å². The lowest BCUT2D eigenvalue weighted by atomic mass is 10.1. The highest BCUT2D eigenvalue weighted by Gasteiger charge is 2.21. The van der Waals surface area contributed by atoms with Crippen LogP contribution in [0.2, 0.25) is 0 Å². The highest BCUT2D eigenvalue weighted by molar-refractivity contribution is 5.94. The van der Waals surface area contributed by atoms with E-state index in [0.29, 0.717) is 0 Å². The monoisotopic (exact) mass is 335 g/mol. The zero-order valence-electron chi connectivity index (χ0n) is 15.6. The van der Waals surface area contributed by atoms with Gasteiger partial charge in [0.2, 0.25) is 5.91 Å². The molecule has 0 aliphatic carbocycles. The molecule has 0 radical (unpaired) electrons. The molecule has 1 heterocycles. The molecule has 130 valence electrons. The predicted molar refractivity (Wildman–Crippen MR) is 103 cm³/mol. The summed E-state index contributed by atoms with van der Waals surface area (Å²) >= 11 is 0. The third-order valence-corrected chi connectivity index (χ3v) is 4.67. The average Bonchev–Trinajstić information content (AvgIpc) is 2.84. The number of anilines is 1. The van der Waals surface area contributed by atoms with Crippen molar-refractivity contribution in [3.05, 3.63) is 59.4 Å². The van der Waals surface area contributed by atoms with Crippen molar-refractivity contribution in [3.63, 3.8) is 0 Å². The molecule has 0 aliphatic rings. The van der Waals surface area contributed by atoms with Gasteiger partial charge in [0, 0.05) is 11.7 Å². The molecule has 4 heteroatoms. The Kier molecular flexibility index (Phi) is 4.62. The van der Waals surface area contributed by atoms with E-state index < -0.39 is 0 Å². The van der Waals surface area contributed by atoms with Crippen LogP contribution in [0, 0.1) is 20.8 Å². The maximum Gasteiger partial charge on any atom is 0.247 e. The van der Waals surface area contributed by atoms with E-state index in [1.807, 2.05) is 60.6 Å². The molecule has 0 saturated heterocycles. The molecule has 0 unspecified atom stereocenters. The summed E-state index contributed by atoms with van der Waals surface area (Å²) in [5.74, 6) is 0.937. The molecule has 1 aromatic heterocycles. The highest BCUT2D eigenvalue weighted by atomic mass is 16.2. The Hall–Kier alpha value is -2.62. The van der Waals surface area contributed by atoms with Gasteiger partial charge in [0.15, 0.2) is 0 Å². The van der Waals surface area contributed by atoms with Crippen LogP contribution >= 0.6 is 0 Å². The smallest absolute Gasteiger partial charge is 0.247 e. The molecule has 25 heavy (non-hydrogen) atoms. The van der Waals surface area contributed by atoms with E-state index in [1.165, 1.54) is 11.1 Å². The second-order valence-electron chi connectivity index (χ2n) is 6.86. The van der Waals surface area contributed by atoms with E-state index in [9.17, 15) is 4.79 Å². The Morgan fingerprint density at radius 3 is 2.36 bits per heavy atom. The lowest BCUT2D eigenvalue weighted by Crippen LogP contribution is -2.39. The van der Waals surface area contributed by atoms with Crippen molar-refractivity contribution in [2.24, 2.45) is 0 Å². The van der Waals surface area contributed by atoms with Gasteiger partial charge in [-0.15, -0.1) is 0 Å². The average molecular weight is 335 g/mol. The van der Waals surface area contributed by atoms with Gasteiger partial charge in [0.25, 0.3) is 0 Å². The van der Waals surface area contributed by atoms with Gasteiger partial charge in [0.1, 0.15) is 12.4 Å². The molecule has 3 aromatic rings. The minimum absolute atomic E-state index is 0.0711. The molecule has 4 nitrogen and oxygen atoms in total. The highest BCUT2D eigenvalue weighted by Crippen LogP contribution is 2.22. The van der Waals surface area contributed by atoms with Gasteiger partial charge in [-0.3, -0.25) is 4.79 Å². The summed E-state index contributed by atoms with van der Waals surface area (Å²) in [4.78, 5) is 19.6. The number of imidazole rings is 1. The van der Waals surface area contributed by atoms with Crippen molar-refractivity contribution in [1.29, 1.82) is 0 Å². The second-order valence-corrected chi connectivity index (χ2v) is 6.86. The van der Waals surface area contributed by atoms with Gasteiger partial charge in [-0.05, 0) is 70.0 Å². The van der Waals surface area contributed by atoms with E-state index in [4.69, 9.17) is 0 Å². The number of carbonyl (C=O) groups excluding carboxylic acids is 1. The van der Waals surface area contributed by atoms with E-state index >= 15 is 0 Å². The molecule has 3 rings (SSSR count). The van der Waals surface area contributed by atoms with Gasteiger partial charge in [0.05, 0.1) is 11.0 Å². The van der Waals surface area contributed by atoms with Crippen LogP contribution in [0.1, 0.15) is 30.8 Å². The van der Waals surface area contributed by atoms with Crippen LogP contribution in [0.25, 0.3) is 11.0 Å². The molecule has 0 N–H and O–H groups in total. The number of para-hydroxylation sites is 1. The summed E-state index contributed by atoms with van der Waals surface area (Å²) in [7, 11) is 0. The third kappa shape index (κ3) is 3.29. The van der Waals surface area contributed by atoms with Crippen LogP contribution < -0.4 is 4.90 Å². The number of hydrogen-bond donors (Lipinski definition) is 0. The van der Waals surface area contributed by atoms with Gasteiger partial charge in [-0.25, -0.2) is 4.98 Å². The molecular formula is C21H25N3O. The van der Waals surface area contributed by atoms with Crippen LogP contribution in [0.5, 0.6) is 0 Å². The van der Waals surface area contributed by atoms with Crippen molar-refractivity contribution in [1.82, 2.24) is 9.55 Å². The lowest BCUT2D eigenvalue weighted by Gasteiger charge is -2.27. The van der Waals surface area contributed by atoms with Crippen molar-refractivity contribution in [3.8, 4) is 0 Å². The number of fused-ring (bicyclic) bond motifs is 1. The molecule has 0 fully saturated rings. The summed E-state index contributed by atoms with van der Waals surface area (Å²) in [6.07, 6.45) is 0. The first-order valence-electron chi connectivity index (χ1n) is 8.69. The maximum atomic E-state index is 13.1. The first-order valence-corrected chi connectivity index (χ1v) is 8.69. The largest absolute Gasteiger partial charge is 0.319 e. The number of hydrogen-bond acceptors (Lipinski definition) is 2. The van der Waals surface area contributed by atoms with Crippen molar-refractivity contribution < 1.29 is 4.79 Å². The summed E-state index contributed by atoms with van der Waals surface area (Å²) in [5, 5.41) is 0. The molecule has 0 bridgehead atoms. The topological polar surface area (TPSA) is 38.1 Å². The maximum absolute atomic E-state index is 13.1. The Bertz CT molecular complexity index is 910. The molecule has 0 aliphatic heterocycles. The Balaban J connectivity index is 1.98. The van der Waals surface area contributed by atoms with Crippen LogP contribution in [0.4, 0.5) is 5.69 Å². The normalized spacial score (nSPS) is 11.3. The number of amides is 1. The zero-order valence-corrected chi connectivity index (χ0v) is 15.6. The Labute approximate surface area is 149 Å². The standard InChI is InChI=1S/C21H25N3O/c1-14(2)24(18-9-7-6-8-10-18)21(25)13-23-17(5)22-19-11-15(3)16(4)12-20(19)23/h6-12,14H,13H2,1-5H3. The molecule has 0 spiro atoms. The first kappa shape index (κ1) is 17.2. The quantitative estimate of drug-likeness (QED) is 0.708. The Morgan fingerprint density at radius 1 is 1.08 bits per heavy atom. The fourth-order valence-corrected chi connectivity index (χ4v) is 3.23. The number of rotatable bonds is 4. The van der Waals surface area contributed by atoms with E-state index in [0.717, 1.165) is 22.5 Å². The number of aromatic nitrogens is 2. The Morgan fingerprint density at radius 2 is 1.72 bits per heavy atom. The van der Waals surface area contributed by atoms with Gasteiger partial charge in [-0.1, -0.05) is 18.2 Å². The minimum atomic E-state index is 0.0711. The van der Waals surface area contributed by atoms with Crippen LogP contribution in [-0.2, 0) is 11.3 Å². The van der Waals surface area contributed by atoms with Crippen LogP contribution in [-0.4, -0.2) is 21.5 Å². The second kappa shape index (κ2) is 6.71. The fraction of sp³-hybridized carbons (Fsp3) is 0.333. The van der Waals surface area contributed by atoms with Crippen molar-refractivity contribution in [2.75, 3.05) is 4.90 Å². The predicted octanol–water partition coefficient (Wildman–Crippen LogP) is 4.40. The molecule has 0 atom stereocenters. The summed E-state index contributed by atoms with van der Waals surface area (Å²) in [6, 6.07) is 14.1. The molecule has 1 amide bonds. The van der Waals surface area contributed by atoms with Gasteiger partial charge >= 0.3 is 0 Å². The minimum Gasteiger partial charge on any atom is -0.319 e. The zero-order chi connectivity index (χ0) is 18.1. The van der Waals surface area contributed by atoms with Crippen molar-refractivity contribution >= 4 is 22.6 Å². The number of nitrogens with zero attached hydrogens (tertiary/aromatic N) is 3. The van der Waals surface area contributed by atoms with E-state index in [-0.39, 0.29) is 18.5 Å².